The van der Waals surface area contributed by atoms with Gasteiger partial charge in [0.2, 0.25) is 0 Å². The highest BCUT2D eigenvalue weighted by atomic mass is 16.5. The maximum absolute atomic E-state index is 9.75. The van der Waals surface area contributed by atoms with Crippen LogP contribution in [0.25, 0.3) is 16.9 Å². The first-order valence-corrected chi connectivity index (χ1v) is 9.86. The number of para-hydroxylation sites is 1. The summed E-state index contributed by atoms with van der Waals surface area (Å²) in [6.07, 6.45) is 7.73. The zero-order valence-corrected chi connectivity index (χ0v) is 16.0. The lowest BCUT2D eigenvalue weighted by Crippen LogP contribution is -2.33. The van der Waals surface area contributed by atoms with Crippen molar-refractivity contribution in [1.29, 1.82) is 0 Å². The molecule has 1 N–H and O–H groups in total. The van der Waals surface area contributed by atoms with Crippen LogP contribution in [0.15, 0.2) is 73.2 Å². The third kappa shape index (κ3) is 3.43. The number of nitrogens with zero attached hydrogens (tertiary/aromatic N) is 4. The van der Waals surface area contributed by atoms with E-state index in [2.05, 4.69) is 9.88 Å². The molecule has 2 aromatic carbocycles. The van der Waals surface area contributed by atoms with Gasteiger partial charge in [0.15, 0.2) is 11.5 Å². The topological polar surface area (TPSA) is 62.9 Å². The van der Waals surface area contributed by atoms with E-state index in [9.17, 15) is 5.11 Å². The van der Waals surface area contributed by atoms with Crippen molar-refractivity contribution >= 4 is 11.5 Å². The molecule has 2 aromatic heterocycles. The van der Waals surface area contributed by atoms with Crippen molar-refractivity contribution in [2.75, 3.05) is 18.1 Å². The lowest BCUT2D eigenvalue weighted by molar-refractivity contribution is 0.266. The molecule has 6 nitrogen and oxygen atoms in total. The number of hydrogen-bond acceptors (Lipinski definition) is 5. The molecule has 1 unspecified atom stereocenters. The average Bonchev–Trinajstić information content (AvgIpc) is 3.43. The summed E-state index contributed by atoms with van der Waals surface area (Å²) in [5.74, 6) is 2.42. The van der Waals surface area contributed by atoms with E-state index in [0.29, 0.717) is 0 Å². The lowest BCUT2D eigenvalue weighted by atomic mass is 10.1. The van der Waals surface area contributed by atoms with Gasteiger partial charge in [0.25, 0.3) is 0 Å². The van der Waals surface area contributed by atoms with E-state index >= 15 is 0 Å². The number of aliphatic hydroxyl groups excluding tert-OH is 1. The highest BCUT2D eigenvalue weighted by molar-refractivity contribution is 5.71. The number of fused-ring (bicyclic) bond motifs is 1. The summed E-state index contributed by atoms with van der Waals surface area (Å²) in [5, 5.41) is 9.75. The van der Waals surface area contributed by atoms with E-state index < -0.39 is 0 Å². The number of anilines is 1. The quantitative estimate of drug-likeness (QED) is 0.558. The number of ether oxygens (including phenoxy) is 1. The van der Waals surface area contributed by atoms with Crippen LogP contribution < -0.4 is 9.64 Å². The molecule has 1 aliphatic rings. The van der Waals surface area contributed by atoms with Gasteiger partial charge in [-0.05, 0) is 49.2 Å². The third-order valence-corrected chi connectivity index (χ3v) is 5.35. The summed E-state index contributed by atoms with van der Waals surface area (Å²) < 4.78 is 7.89. The maximum Gasteiger partial charge on any atom is 0.180 e. The standard InChI is InChI=1S/C23H22N4O2/c28-16-18-5-4-13-27(18)23-22-24-12-14-26(22)15-21(25-23)17-8-10-20(11-9-17)29-19-6-2-1-3-7-19/h1-3,6-12,14-15,18,28H,4-5,13,16H2. The van der Waals surface area contributed by atoms with Crippen molar-refractivity contribution in [2.24, 2.45) is 0 Å². The smallest absolute Gasteiger partial charge is 0.180 e. The van der Waals surface area contributed by atoms with E-state index in [-0.39, 0.29) is 12.6 Å². The Kier molecular flexibility index (Phi) is 4.62. The van der Waals surface area contributed by atoms with Crippen LogP contribution in [0.4, 0.5) is 5.82 Å². The van der Waals surface area contributed by atoms with Gasteiger partial charge in [0.05, 0.1) is 18.3 Å². The Bertz CT molecular complexity index is 1110. The molecule has 4 aromatic rings. The Morgan fingerprint density at radius 1 is 1.03 bits per heavy atom. The fourth-order valence-electron chi connectivity index (χ4n) is 3.87. The fourth-order valence-corrected chi connectivity index (χ4v) is 3.87. The largest absolute Gasteiger partial charge is 0.457 e. The summed E-state index contributed by atoms with van der Waals surface area (Å²) in [5.41, 5.74) is 2.68. The van der Waals surface area contributed by atoms with Crippen LogP contribution in [0.2, 0.25) is 0 Å². The van der Waals surface area contributed by atoms with Gasteiger partial charge in [-0.3, -0.25) is 0 Å². The van der Waals surface area contributed by atoms with Crippen LogP contribution in [0.1, 0.15) is 12.8 Å². The average molecular weight is 386 g/mol. The molecule has 5 rings (SSSR count). The fraction of sp³-hybridized carbons (Fsp3) is 0.217. The van der Waals surface area contributed by atoms with Crippen molar-refractivity contribution < 1.29 is 9.84 Å². The number of aromatic nitrogens is 3. The zero-order chi connectivity index (χ0) is 19.6. The molecule has 6 heteroatoms. The Labute approximate surface area is 169 Å². The molecule has 0 radical (unpaired) electrons. The third-order valence-electron chi connectivity index (χ3n) is 5.35. The van der Waals surface area contributed by atoms with Gasteiger partial charge in [-0.1, -0.05) is 18.2 Å². The van der Waals surface area contributed by atoms with Crippen molar-refractivity contribution in [2.45, 2.75) is 18.9 Å². The molecular weight excluding hydrogens is 364 g/mol. The van der Waals surface area contributed by atoms with Crippen molar-refractivity contribution in [3.63, 3.8) is 0 Å². The first-order valence-electron chi connectivity index (χ1n) is 9.86. The molecule has 0 saturated carbocycles. The molecule has 29 heavy (non-hydrogen) atoms. The Morgan fingerprint density at radius 2 is 1.83 bits per heavy atom. The van der Waals surface area contributed by atoms with Crippen LogP contribution >= 0.6 is 0 Å². The number of hydrogen-bond donors (Lipinski definition) is 1. The first-order chi connectivity index (χ1) is 14.3. The highest BCUT2D eigenvalue weighted by Crippen LogP contribution is 2.31. The van der Waals surface area contributed by atoms with Crippen molar-refractivity contribution in [3.8, 4) is 22.8 Å². The van der Waals surface area contributed by atoms with Crippen molar-refractivity contribution in [1.82, 2.24) is 14.4 Å². The second kappa shape index (κ2) is 7.56. The highest BCUT2D eigenvalue weighted by Gasteiger charge is 2.27. The molecular formula is C23H22N4O2. The monoisotopic (exact) mass is 386 g/mol. The molecule has 1 atom stereocenters. The summed E-state index contributed by atoms with van der Waals surface area (Å²) in [6.45, 7) is 1.01. The minimum Gasteiger partial charge on any atom is -0.457 e. The number of benzene rings is 2. The number of imidazole rings is 1. The molecule has 0 spiro atoms. The molecule has 1 saturated heterocycles. The predicted octanol–water partition coefficient (Wildman–Crippen LogP) is 4.15. The van der Waals surface area contributed by atoms with Crippen LogP contribution in [-0.2, 0) is 0 Å². The summed E-state index contributed by atoms with van der Waals surface area (Å²) in [4.78, 5) is 11.6. The van der Waals surface area contributed by atoms with Crippen LogP contribution in [-0.4, -0.2) is 38.7 Å². The maximum atomic E-state index is 9.75. The SMILES string of the molecule is OCC1CCCN1c1nc(-c2ccc(Oc3ccccc3)cc2)cn2ccnc12. The van der Waals surface area contributed by atoms with Gasteiger partial charge in [-0.2, -0.15) is 0 Å². The van der Waals surface area contributed by atoms with Crippen molar-refractivity contribution in [3.05, 3.63) is 73.2 Å². The molecule has 0 aliphatic carbocycles. The minimum absolute atomic E-state index is 0.0971. The molecule has 3 heterocycles. The van der Waals surface area contributed by atoms with E-state index in [4.69, 9.17) is 9.72 Å². The lowest BCUT2D eigenvalue weighted by Gasteiger charge is -2.25. The van der Waals surface area contributed by atoms with Gasteiger partial charge in [0.1, 0.15) is 11.5 Å². The van der Waals surface area contributed by atoms with E-state index in [0.717, 1.165) is 53.6 Å². The normalized spacial score (nSPS) is 16.4. The Morgan fingerprint density at radius 3 is 2.62 bits per heavy atom. The molecule has 0 amide bonds. The Hall–Kier alpha value is -3.38. The first kappa shape index (κ1) is 17.7. The predicted molar refractivity (Wildman–Crippen MR) is 112 cm³/mol. The van der Waals surface area contributed by atoms with Crippen LogP contribution in [0.5, 0.6) is 11.5 Å². The molecule has 1 fully saturated rings. The molecule has 0 bridgehead atoms. The van der Waals surface area contributed by atoms with Gasteiger partial charge in [0, 0.05) is 30.7 Å². The zero-order valence-electron chi connectivity index (χ0n) is 16.0. The second-order valence-corrected chi connectivity index (χ2v) is 7.22. The summed E-state index contributed by atoms with van der Waals surface area (Å²) >= 11 is 0. The number of aliphatic hydroxyl groups is 1. The molecule has 1 aliphatic heterocycles. The van der Waals surface area contributed by atoms with Gasteiger partial charge < -0.3 is 19.1 Å². The minimum atomic E-state index is 0.0971. The molecule has 146 valence electrons. The van der Waals surface area contributed by atoms with Crippen LogP contribution in [0, 0.1) is 0 Å². The summed E-state index contributed by atoms with van der Waals surface area (Å²) in [7, 11) is 0. The number of rotatable bonds is 5. The van der Waals surface area contributed by atoms with E-state index in [1.165, 1.54) is 0 Å². The van der Waals surface area contributed by atoms with Gasteiger partial charge in [-0.15, -0.1) is 0 Å². The van der Waals surface area contributed by atoms with E-state index in [1.54, 1.807) is 6.20 Å². The van der Waals surface area contributed by atoms with E-state index in [1.807, 2.05) is 71.4 Å². The Balaban J connectivity index is 1.48. The second-order valence-electron chi connectivity index (χ2n) is 7.22. The van der Waals surface area contributed by atoms with Gasteiger partial charge in [-0.25, -0.2) is 9.97 Å². The summed E-state index contributed by atoms with van der Waals surface area (Å²) in [6, 6.07) is 17.8. The van der Waals surface area contributed by atoms with Gasteiger partial charge >= 0.3 is 0 Å². The van der Waals surface area contributed by atoms with Crippen LogP contribution in [0.3, 0.4) is 0 Å².